The Labute approximate surface area is 205 Å². The number of carboxylic acids is 4. The van der Waals surface area contributed by atoms with Gasteiger partial charge in [-0.25, -0.2) is 0 Å². The molecule has 21 heteroatoms. The number of quaternary nitrogens is 1. The molecule has 0 fully saturated rings. The van der Waals surface area contributed by atoms with Crippen LogP contribution in [0.4, 0.5) is 0 Å². The fourth-order valence-electron chi connectivity index (χ4n) is 1.48. The van der Waals surface area contributed by atoms with E-state index in [4.69, 9.17) is 47.1 Å². The van der Waals surface area contributed by atoms with E-state index in [0.717, 1.165) is 9.80 Å². The van der Waals surface area contributed by atoms with E-state index in [-0.39, 0.29) is 48.8 Å². The fourth-order valence-corrected chi connectivity index (χ4v) is 1.48. The van der Waals surface area contributed by atoms with Crippen molar-refractivity contribution in [1.29, 1.82) is 0 Å². The molecule has 0 aliphatic carbocycles. The van der Waals surface area contributed by atoms with Gasteiger partial charge >= 0.3 is 53.4 Å². The summed E-state index contributed by atoms with van der Waals surface area (Å²) in [6.07, 6.45) is 0. The van der Waals surface area contributed by atoms with Gasteiger partial charge in [0.1, 0.15) is 0 Å². The molecule has 0 saturated heterocycles. The maximum Gasteiger partial charge on any atom is 1.00 e. The van der Waals surface area contributed by atoms with Crippen molar-refractivity contribution in [2.45, 2.75) is 0 Å². The molecule has 0 saturated carbocycles. The quantitative estimate of drug-likeness (QED) is 0.0970. The number of hydrogen-bond acceptors (Lipinski definition) is 11. The summed E-state index contributed by atoms with van der Waals surface area (Å²) in [7, 11) is -4.33. The zero-order valence-electron chi connectivity index (χ0n) is 16.3. The number of rotatable bonds is 11. The van der Waals surface area contributed by atoms with Crippen molar-refractivity contribution in [2.75, 3.05) is 39.3 Å². The number of carbonyl (C=O) groups is 4. The second-order valence-corrected chi connectivity index (χ2v) is 7.14. The van der Waals surface area contributed by atoms with Gasteiger partial charge in [-0.3, -0.25) is 42.3 Å². The Morgan fingerprint density at radius 1 is 0.774 bits per heavy atom. The standard InChI is InChI=1S/C10H16N2O8.H3N.Na.H2O3S2.H2O3S/c13-7(14)3-11(4-8(15)16)1-2-12(5-9(17)18)6-10(19)20;;;1-5(2,3)4;1-4(2)3/h1-6H2,(H,13,14)(H,15,16)(H,17,18)(H,19,20);1H3;;(H2,1,2,3,4);(H2,1,2,3)/q;;+1;;/p-1. The molecule has 31 heavy (non-hydrogen) atoms. The van der Waals surface area contributed by atoms with E-state index in [9.17, 15) is 19.2 Å². The van der Waals surface area contributed by atoms with E-state index < -0.39 is 70.5 Å². The predicted molar refractivity (Wildman–Crippen MR) is 99.9 cm³/mol. The Hall–Kier alpha value is -0.880. The molecule has 0 aromatic carbocycles. The molecule has 0 unspecified atom stereocenters. The molecule has 0 aliphatic heterocycles. The molecule has 0 radical (unpaired) electrons. The largest absolute Gasteiger partial charge is 1.00 e. The molecular weight excluding hydrogens is 505 g/mol. The minimum Gasteiger partial charge on any atom is -0.780 e. The minimum absolute atomic E-state index is 0. The van der Waals surface area contributed by atoms with Crippen molar-refractivity contribution in [2.24, 2.45) is 0 Å². The van der Waals surface area contributed by atoms with Crippen LogP contribution in [0.1, 0.15) is 0 Å². The van der Waals surface area contributed by atoms with Crippen LogP contribution in [0.2, 0.25) is 0 Å². The van der Waals surface area contributed by atoms with E-state index in [0.29, 0.717) is 0 Å². The first-order valence-electron chi connectivity index (χ1n) is 6.72. The van der Waals surface area contributed by atoms with E-state index >= 15 is 0 Å². The summed E-state index contributed by atoms with van der Waals surface area (Å²) in [5, 5.41) is 34.5. The molecule has 0 atom stereocenters. The third kappa shape index (κ3) is 52.9. The molecule has 0 rings (SSSR count). The monoisotopic (exact) mass is 527 g/mol. The minimum atomic E-state index is -4.33. The molecule has 0 aromatic heterocycles. The van der Waals surface area contributed by atoms with Crippen molar-refractivity contribution in [3.8, 4) is 0 Å². The van der Waals surface area contributed by atoms with E-state index in [1.165, 1.54) is 0 Å². The van der Waals surface area contributed by atoms with Crippen molar-refractivity contribution in [3.05, 3.63) is 0 Å². The summed E-state index contributed by atoms with van der Waals surface area (Å²) in [6, 6.07) is 0. The van der Waals surface area contributed by atoms with Gasteiger partial charge in [0.25, 0.3) is 11.4 Å². The summed E-state index contributed by atoms with van der Waals surface area (Å²) in [5.74, 6) is -4.91. The zero-order chi connectivity index (χ0) is 23.8. The molecule has 0 bridgehead atoms. The van der Waals surface area contributed by atoms with Gasteiger partial charge in [-0.15, -0.1) is 9.05 Å². The molecule has 10 N–H and O–H groups in total. The van der Waals surface area contributed by atoms with Gasteiger partial charge in [-0.2, -0.15) is 4.21 Å². The van der Waals surface area contributed by atoms with E-state index in [1.807, 2.05) is 0 Å². The molecular formula is C10H22N3NaO14S3. The van der Waals surface area contributed by atoms with Crippen LogP contribution in [0.5, 0.6) is 0 Å². The van der Waals surface area contributed by atoms with Gasteiger partial charge < -0.3 is 35.7 Å². The van der Waals surface area contributed by atoms with Gasteiger partial charge in [0, 0.05) is 13.1 Å². The molecule has 0 spiro atoms. The average Bonchev–Trinajstić information content (AvgIpc) is 2.39. The molecule has 180 valence electrons. The number of nitrogens with zero attached hydrogens (tertiary/aromatic N) is 2. The normalized spacial score (nSPS) is 9.90. The van der Waals surface area contributed by atoms with Gasteiger partial charge in [-0.1, -0.05) is 0 Å². The first kappa shape index (κ1) is 40.5. The van der Waals surface area contributed by atoms with Crippen molar-refractivity contribution >= 4 is 55.5 Å². The van der Waals surface area contributed by atoms with Crippen LogP contribution in [0.3, 0.4) is 0 Å². The molecule has 0 amide bonds. The third-order valence-corrected chi connectivity index (χ3v) is 2.17. The Balaban J connectivity index is -0.000000173. The van der Waals surface area contributed by atoms with Gasteiger partial charge in [0.15, 0.2) is 0 Å². The maximum absolute atomic E-state index is 10.6. The molecule has 0 aromatic rings. The summed E-state index contributed by atoms with van der Waals surface area (Å²) in [4.78, 5) is 44.4. The number of aliphatic carboxylic acids is 4. The summed E-state index contributed by atoms with van der Waals surface area (Å²) < 4.78 is 49.5. The number of hydrogen-bond donors (Lipinski definition) is 7. The Kier molecular flexibility index (Phi) is 29.1. The second kappa shape index (κ2) is 22.3. The van der Waals surface area contributed by atoms with Crippen LogP contribution in [0, 0.1) is 0 Å². The van der Waals surface area contributed by atoms with Crippen LogP contribution >= 0.6 is 0 Å². The first-order valence-corrected chi connectivity index (χ1v) is 10.1. The van der Waals surface area contributed by atoms with Crippen LogP contribution in [-0.4, -0.2) is 120 Å². The average molecular weight is 527 g/mol. The third-order valence-electron chi connectivity index (χ3n) is 2.17. The van der Waals surface area contributed by atoms with Crippen LogP contribution < -0.4 is 35.7 Å². The molecule has 17 nitrogen and oxygen atoms in total. The maximum atomic E-state index is 10.6. The number of carboxylic acid groups (broad SMARTS) is 4. The van der Waals surface area contributed by atoms with E-state index in [1.54, 1.807) is 0 Å². The molecule has 0 aliphatic rings. The summed E-state index contributed by atoms with van der Waals surface area (Å²) >= 11 is 0.632. The smallest absolute Gasteiger partial charge is 0.780 e. The van der Waals surface area contributed by atoms with Crippen LogP contribution in [-0.2, 0) is 50.8 Å². The fraction of sp³-hybridized carbons (Fsp3) is 0.600. The van der Waals surface area contributed by atoms with Crippen molar-refractivity contribution in [1.82, 2.24) is 16.0 Å². The topological polar surface area (TPSA) is 313 Å². The van der Waals surface area contributed by atoms with Crippen molar-refractivity contribution in [3.63, 3.8) is 0 Å². The SMILES string of the molecule is O=C(O)CN(CCN(CC(=O)O)CC(=O)O)CC(=O)O.O=S(O)O.O=S([O-])([O-])=S.[NH4+].[Na+]. The van der Waals surface area contributed by atoms with Gasteiger partial charge in [-0.05, 0) is 11.2 Å². The Morgan fingerprint density at radius 2 is 0.903 bits per heavy atom. The predicted octanol–water partition coefficient (Wildman–Crippen LogP) is -6.02. The van der Waals surface area contributed by atoms with Crippen LogP contribution in [0.15, 0.2) is 0 Å². The summed E-state index contributed by atoms with van der Waals surface area (Å²) in [6.45, 7) is -2.25. The molecule has 0 heterocycles. The van der Waals surface area contributed by atoms with Crippen LogP contribution in [0.25, 0.3) is 0 Å². The first-order chi connectivity index (χ1) is 12.9. The Morgan fingerprint density at radius 3 is 1.00 bits per heavy atom. The van der Waals surface area contributed by atoms with E-state index in [2.05, 4.69) is 11.2 Å². The van der Waals surface area contributed by atoms with Gasteiger partial charge in [0.2, 0.25) is 0 Å². The zero-order valence-corrected chi connectivity index (χ0v) is 20.8. The second-order valence-electron chi connectivity index (χ2n) is 4.64. The Bertz CT molecular complexity index is 596. The summed E-state index contributed by atoms with van der Waals surface area (Å²) in [5.41, 5.74) is 0. The van der Waals surface area contributed by atoms with Gasteiger partial charge in [0.05, 0.1) is 26.2 Å². The van der Waals surface area contributed by atoms with Crippen molar-refractivity contribution < 1.29 is 95.8 Å².